The lowest BCUT2D eigenvalue weighted by Gasteiger charge is -2.20. The highest BCUT2D eigenvalue weighted by Gasteiger charge is 2.24. The fraction of sp³-hybridized carbons (Fsp3) is 0.583. The van der Waals surface area contributed by atoms with E-state index < -0.39 is 11.2 Å². The van der Waals surface area contributed by atoms with Crippen LogP contribution in [0, 0.1) is 5.92 Å². The zero-order valence-electron chi connectivity index (χ0n) is 10.6. The predicted octanol–water partition coefficient (Wildman–Crippen LogP) is 1.23. The lowest BCUT2D eigenvalue weighted by atomic mass is 9.99. The third kappa shape index (κ3) is 2.79. The van der Waals surface area contributed by atoms with E-state index in [1.54, 1.807) is 27.7 Å². The first kappa shape index (κ1) is 13.6. The molecule has 0 saturated carbocycles. The van der Waals surface area contributed by atoms with Gasteiger partial charge in [0.2, 0.25) is 0 Å². The Kier molecular flexibility index (Phi) is 3.83. The standard InChI is InChI=1S/C12H18N2O3/c1-5-12(4,17)8-6-13-9(11(16)14-8)10(15)7(2)3/h6-7,17H,5H2,1-4H3,(H,14,16). The maximum absolute atomic E-state index is 11.7. The van der Waals surface area contributed by atoms with E-state index in [0.29, 0.717) is 12.1 Å². The fourth-order valence-electron chi connectivity index (χ4n) is 1.31. The highest BCUT2D eigenvalue weighted by molar-refractivity contribution is 5.95. The second kappa shape index (κ2) is 4.79. The van der Waals surface area contributed by atoms with Gasteiger partial charge in [-0.2, -0.15) is 0 Å². The van der Waals surface area contributed by atoms with Gasteiger partial charge in [0.05, 0.1) is 11.9 Å². The van der Waals surface area contributed by atoms with Gasteiger partial charge in [-0.25, -0.2) is 4.98 Å². The van der Waals surface area contributed by atoms with Crippen LogP contribution in [0.5, 0.6) is 0 Å². The number of rotatable bonds is 4. The van der Waals surface area contributed by atoms with Gasteiger partial charge in [-0.15, -0.1) is 0 Å². The molecule has 17 heavy (non-hydrogen) atoms. The minimum Gasteiger partial charge on any atom is -0.384 e. The Bertz CT molecular complexity index is 475. The summed E-state index contributed by atoms with van der Waals surface area (Å²) < 4.78 is 0. The van der Waals surface area contributed by atoms with Crippen LogP contribution in [0.3, 0.4) is 0 Å². The highest BCUT2D eigenvalue weighted by Crippen LogP contribution is 2.20. The monoisotopic (exact) mass is 238 g/mol. The molecular weight excluding hydrogens is 220 g/mol. The number of carbonyl (C=O) groups is 1. The molecule has 1 heterocycles. The van der Waals surface area contributed by atoms with Gasteiger partial charge in [0.15, 0.2) is 11.5 Å². The van der Waals surface area contributed by atoms with Gasteiger partial charge in [-0.3, -0.25) is 9.59 Å². The molecule has 0 radical (unpaired) electrons. The Morgan fingerprint density at radius 2 is 2.18 bits per heavy atom. The third-order valence-corrected chi connectivity index (χ3v) is 2.81. The first-order valence-corrected chi connectivity index (χ1v) is 5.66. The molecule has 1 rings (SSSR count). The Labute approximate surface area is 99.9 Å². The van der Waals surface area contributed by atoms with Gasteiger partial charge in [0, 0.05) is 5.92 Å². The fourth-order valence-corrected chi connectivity index (χ4v) is 1.31. The molecule has 0 aromatic carbocycles. The lowest BCUT2D eigenvalue weighted by molar-refractivity contribution is 0.0477. The molecule has 0 amide bonds. The zero-order chi connectivity index (χ0) is 13.2. The predicted molar refractivity (Wildman–Crippen MR) is 63.9 cm³/mol. The molecule has 94 valence electrons. The first-order valence-electron chi connectivity index (χ1n) is 5.66. The van der Waals surface area contributed by atoms with Gasteiger partial charge in [-0.05, 0) is 13.3 Å². The van der Waals surface area contributed by atoms with Crippen molar-refractivity contribution >= 4 is 5.78 Å². The summed E-state index contributed by atoms with van der Waals surface area (Å²) in [7, 11) is 0. The second-order valence-electron chi connectivity index (χ2n) is 4.62. The quantitative estimate of drug-likeness (QED) is 0.773. The van der Waals surface area contributed by atoms with Crippen molar-refractivity contribution in [1.82, 2.24) is 9.97 Å². The Morgan fingerprint density at radius 3 is 2.59 bits per heavy atom. The van der Waals surface area contributed by atoms with Gasteiger partial charge >= 0.3 is 0 Å². The van der Waals surface area contributed by atoms with Crippen LogP contribution >= 0.6 is 0 Å². The minimum absolute atomic E-state index is 0.101. The molecule has 1 aromatic rings. The van der Waals surface area contributed by atoms with E-state index in [0.717, 1.165) is 0 Å². The maximum atomic E-state index is 11.7. The first-order chi connectivity index (χ1) is 7.79. The van der Waals surface area contributed by atoms with Crippen LogP contribution in [0.1, 0.15) is 50.3 Å². The van der Waals surface area contributed by atoms with E-state index in [1.807, 2.05) is 0 Å². The molecule has 0 aliphatic heterocycles. The minimum atomic E-state index is -1.13. The van der Waals surface area contributed by atoms with E-state index in [4.69, 9.17) is 0 Å². The van der Waals surface area contributed by atoms with Crippen molar-refractivity contribution in [3.05, 3.63) is 27.9 Å². The summed E-state index contributed by atoms with van der Waals surface area (Å²) >= 11 is 0. The Morgan fingerprint density at radius 1 is 1.59 bits per heavy atom. The number of carbonyl (C=O) groups excluding carboxylic acids is 1. The van der Waals surface area contributed by atoms with Gasteiger partial charge in [0.25, 0.3) is 5.56 Å². The van der Waals surface area contributed by atoms with Gasteiger partial charge in [-0.1, -0.05) is 20.8 Å². The molecule has 1 unspecified atom stereocenters. The summed E-state index contributed by atoms with van der Waals surface area (Å²) in [6, 6.07) is 0. The van der Waals surface area contributed by atoms with Crippen LogP contribution in [-0.2, 0) is 5.60 Å². The molecule has 5 heteroatoms. The molecule has 0 aliphatic rings. The molecule has 1 aromatic heterocycles. The number of nitrogens with zero attached hydrogens (tertiary/aromatic N) is 1. The van der Waals surface area contributed by atoms with Gasteiger partial charge in [0.1, 0.15) is 5.60 Å². The van der Waals surface area contributed by atoms with Crippen molar-refractivity contribution in [2.75, 3.05) is 0 Å². The number of ketones is 1. The topological polar surface area (TPSA) is 83.1 Å². The number of hydrogen-bond acceptors (Lipinski definition) is 4. The van der Waals surface area contributed by atoms with Crippen LogP contribution in [-0.4, -0.2) is 20.9 Å². The number of nitrogens with one attached hydrogen (secondary N) is 1. The maximum Gasteiger partial charge on any atom is 0.277 e. The van der Waals surface area contributed by atoms with Crippen molar-refractivity contribution in [2.24, 2.45) is 5.92 Å². The van der Waals surface area contributed by atoms with Crippen LogP contribution < -0.4 is 5.56 Å². The van der Waals surface area contributed by atoms with Crippen molar-refractivity contribution < 1.29 is 9.90 Å². The molecular formula is C12H18N2O3. The molecule has 0 fully saturated rings. The summed E-state index contributed by atoms with van der Waals surface area (Å²) in [6.45, 7) is 6.80. The molecule has 0 bridgehead atoms. The van der Waals surface area contributed by atoms with E-state index >= 15 is 0 Å². The molecule has 5 nitrogen and oxygen atoms in total. The van der Waals surface area contributed by atoms with Crippen LogP contribution in [0.4, 0.5) is 0 Å². The average Bonchev–Trinajstić information content (AvgIpc) is 2.27. The SMILES string of the molecule is CCC(C)(O)c1cnc(C(=O)C(C)C)c(=O)[nH]1. The van der Waals surface area contributed by atoms with Crippen LogP contribution in [0.25, 0.3) is 0 Å². The van der Waals surface area contributed by atoms with Crippen LogP contribution in [0.2, 0.25) is 0 Å². The normalized spacial score (nSPS) is 14.7. The smallest absolute Gasteiger partial charge is 0.277 e. The number of aromatic nitrogens is 2. The third-order valence-electron chi connectivity index (χ3n) is 2.81. The lowest BCUT2D eigenvalue weighted by Crippen LogP contribution is -2.29. The second-order valence-corrected chi connectivity index (χ2v) is 4.62. The summed E-state index contributed by atoms with van der Waals surface area (Å²) in [5.41, 5.74) is -1.46. The van der Waals surface area contributed by atoms with Crippen molar-refractivity contribution in [2.45, 2.75) is 39.7 Å². The molecule has 1 atom stereocenters. The summed E-state index contributed by atoms with van der Waals surface area (Å²) in [5, 5.41) is 9.96. The summed E-state index contributed by atoms with van der Waals surface area (Å²) in [6.07, 6.45) is 1.79. The van der Waals surface area contributed by atoms with E-state index in [2.05, 4.69) is 9.97 Å². The largest absolute Gasteiger partial charge is 0.384 e. The number of aromatic amines is 1. The zero-order valence-corrected chi connectivity index (χ0v) is 10.6. The number of aliphatic hydroxyl groups is 1. The average molecular weight is 238 g/mol. The van der Waals surface area contributed by atoms with Crippen molar-refractivity contribution in [3.8, 4) is 0 Å². The Balaban J connectivity index is 3.20. The van der Waals surface area contributed by atoms with E-state index in [9.17, 15) is 14.7 Å². The van der Waals surface area contributed by atoms with Crippen LogP contribution in [0.15, 0.2) is 11.0 Å². The summed E-state index contributed by atoms with van der Waals surface area (Å²) in [5.74, 6) is -0.574. The molecule has 0 spiro atoms. The highest BCUT2D eigenvalue weighted by atomic mass is 16.3. The van der Waals surface area contributed by atoms with Gasteiger partial charge < -0.3 is 10.1 Å². The molecule has 0 aliphatic carbocycles. The number of Topliss-reactive ketones (excluding diaryl/α,β-unsaturated/α-hetero) is 1. The number of hydrogen-bond donors (Lipinski definition) is 2. The van der Waals surface area contributed by atoms with E-state index in [-0.39, 0.29) is 17.4 Å². The summed E-state index contributed by atoms with van der Waals surface area (Å²) in [4.78, 5) is 29.7. The molecule has 2 N–H and O–H groups in total. The number of H-pyrrole nitrogens is 1. The molecule has 0 saturated heterocycles. The van der Waals surface area contributed by atoms with Crippen molar-refractivity contribution in [1.29, 1.82) is 0 Å². The Hall–Kier alpha value is -1.49. The van der Waals surface area contributed by atoms with E-state index in [1.165, 1.54) is 6.20 Å². The van der Waals surface area contributed by atoms with Crippen molar-refractivity contribution in [3.63, 3.8) is 0 Å².